The summed E-state index contributed by atoms with van der Waals surface area (Å²) >= 11 is 0. The van der Waals surface area contributed by atoms with Gasteiger partial charge < -0.3 is 15.5 Å². The highest BCUT2D eigenvalue weighted by molar-refractivity contribution is 5.86. The molecule has 0 fully saturated rings. The van der Waals surface area contributed by atoms with Gasteiger partial charge in [-0.3, -0.25) is 19.7 Å². The van der Waals surface area contributed by atoms with E-state index in [1.54, 1.807) is 6.07 Å². The molecule has 8 nitrogen and oxygen atoms in total. The molecule has 1 rings (SSSR count). The standard InChI is InChI=1S/C12H16N4O4/c1-13-11(17)8-15(2)12(18)7-14-9-4-3-5-10(6-9)16(19)20/h3-6,14H,7-8H2,1-2H3,(H,13,17). The van der Waals surface area contributed by atoms with Crippen LogP contribution in [0.1, 0.15) is 0 Å². The van der Waals surface area contributed by atoms with Gasteiger partial charge in [0.1, 0.15) is 0 Å². The Morgan fingerprint density at radius 3 is 2.70 bits per heavy atom. The number of nitro groups is 1. The Morgan fingerprint density at radius 2 is 2.10 bits per heavy atom. The van der Waals surface area contributed by atoms with E-state index >= 15 is 0 Å². The first-order valence-corrected chi connectivity index (χ1v) is 5.87. The molecule has 0 radical (unpaired) electrons. The van der Waals surface area contributed by atoms with Crippen molar-refractivity contribution in [2.45, 2.75) is 0 Å². The van der Waals surface area contributed by atoms with Gasteiger partial charge in [-0.2, -0.15) is 0 Å². The molecule has 2 amide bonds. The molecule has 0 aliphatic heterocycles. The summed E-state index contributed by atoms with van der Waals surface area (Å²) in [5.74, 6) is -0.559. The van der Waals surface area contributed by atoms with E-state index in [0.29, 0.717) is 5.69 Å². The van der Waals surface area contributed by atoms with Crippen LogP contribution in [0.25, 0.3) is 0 Å². The van der Waals surface area contributed by atoms with Gasteiger partial charge in [0, 0.05) is 31.9 Å². The number of nitro benzene ring substituents is 1. The molecule has 0 atom stereocenters. The number of likely N-dealkylation sites (N-methyl/N-ethyl adjacent to an activating group) is 2. The van der Waals surface area contributed by atoms with Crippen LogP contribution in [-0.2, 0) is 9.59 Å². The molecule has 20 heavy (non-hydrogen) atoms. The minimum absolute atomic E-state index is 0.0358. The molecule has 0 heterocycles. The van der Waals surface area contributed by atoms with E-state index in [-0.39, 0.29) is 30.6 Å². The molecule has 2 N–H and O–H groups in total. The fraction of sp³-hybridized carbons (Fsp3) is 0.333. The van der Waals surface area contributed by atoms with Crippen LogP contribution in [0.5, 0.6) is 0 Å². The molecular weight excluding hydrogens is 264 g/mol. The van der Waals surface area contributed by atoms with Gasteiger partial charge in [0.25, 0.3) is 5.69 Å². The summed E-state index contributed by atoms with van der Waals surface area (Å²) in [5.41, 5.74) is 0.419. The number of carbonyl (C=O) groups is 2. The smallest absolute Gasteiger partial charge is 0.271 e. The highest BCUT2D eigenvalue weighted by Gasteiger charge is 2.12. The van der Waals surface area contributed by atoms with E-state index in [1.807, 2.05) is 0 Å². The number of non-ortho nitro benzene ring substituents is 1. The molecule has 0 aliphatic carbocycles. The zero-order valence-corrected chi connectivity index (χ0v) is 11.3. The quantitative estimate of drug-likeness (QED) is 0.572. The number of carbonyl (C=O) groups excluding carboxylic acids is 2. The van der Waals surface area contributed by atoms with Crippen LogP contribution in [0.4, 0.5) is 11.4 Å². The molecule has 0 spiro atoms. The first-order chi connectivity index (χ1) is 9.43. The van der Waals surface area contributed by atoms with Crippen molar-refractivity contribution in [2.75, 3.05) is 32.5 Å². The van der Waals surface area contributed by atoms with E-state index < -0.39 is 4.92 Å². The highest BCUT2D eigenvalue weighted by atomic mass is 16.6. The number of benzene rings is 1. The number of amides is 2. The van der Waals surface area contributed by atoms with Crippen molar-refractivity contribution in [3.63, 3.8) is 0 Å². The molecule has 0 unspecified atom stereocenters. The summed E-state index contributed by atoms with van der Waals surface area (Å²) in [6.45, 7) is -0.0827. The van der Waals surface area contributed by atoms with Crippen LogP contribution in [-0.4, -0.2) is 48.8 Å². The second-order valence-electron chi connectivity index (χ2n) is 4.08. The zero-order chi connectivity index (χ0) is 15.1. The topological polar surface area (TPSA) is 105 Å². The molecule has 1 aromatic carbocycles. The third-order valence-corrected chi connectivity index (χ3v) is 2.59. The second kappa shape index (κ2) is 7.07. The highest BCUT2D eigenvalue weighted by Crippen LogP contribution is 2.16. The third-order valence-electron chi connectivity index (χ3n) is 2.59. The Kier molecular flexibility index (Phi) is 5.45. The van der Waals surface area contributed by atoms with Crippen LogP contribution in [0.3, 0.4) is 0 Å². The van der Waals surface area contributed by atoms with Crippen LogP contribution in [0, 0.1) is 10.1 Å². The maximum absolute atomic E-state index is 11.7. The van der Waals surface area contributed by atoms with Crippen molar-refractivity contribution in [2.24, 2.45) is 0 Å². The third kappa shape index (κ3) is 4.56. The van der Waals surface area contributed by atoms with E-state index in [4.69, 9.17) is 0 Å². The Balaban J connectivity index is 2.54. The predicted molar refractivity (Wildman–Crippen MR) is 73.3 cm³/mol. The minimum Gasteiger partial charge on any atom is -0.376 e. The largest absolute Gasteiger partial charge is 0.376 e. The molecule has 1 aromatic rings. The van der Waals surface area contributed by atoms with Crippen molar-refractivity contribution in [3.05, 3.63) is 34.4 Å². The number of hydrogen-bond acceptors (Lipinski definition) is 5. The summed E-state index contributed by atoms with van der Waals surface area (Å²) in [6.07, 6.45) is 0. The summed E-state index contributed by atoms with van der Waals surface area (Å²) in [6, 6.07) is 5.86. The zero-order valence-electron chi connectivity index (χ0n) is 11.3. The summed E-state index contributed by atoms with van der Waals surface area (Å²) < 4.78 is 0. The first-order valence-electron chi connectivity index (χ1n) is 5.87. The van der Waals surface area contributed by atoms with Gasteiger partial charge >= 0.3 is 0 Å². The van der Waals surface area contributed by atoms with Crippen LogP contribution < -0.4 is 10.6 Å². The summed E-state index contributed by atoms with van der Waals surface area (Å²) in [5, 5.41) is 15.8. The van der Waals surface area contributed by atoms with Gasteiger partial charge in [0.2, 0.25) is 11.8 Å². The van der Waals surface area contributed by atoms with E-state index in [2.05, 4.69) is 10.6 Å². The Hall–Kier alpha value is -2.64. The minimum atomic E-state index is -0.509. The number of nitrogens with zero attached hydrogens (tertiary/aromatic N) is 2. The van der Waals surface area contributed by atoms with Crippen molar-refractivity contribution < 1.29 is 14.5 Å². The average Bonchev–Trinajstić information content (AvgIpc) is 2.44. The Bertz CT molecular complexity index is 518. The lowest BCUT2D eigenvalue weighted by Gasteiger charge is -2.16. The Labute approximate surface area is 115 Å². The normalized spacial score (nSPS) is 9.70. The maximum atomic E-state index is 11.7. The molecule has 0 bridgehead atoms. The molecule has 0 saturated heterocycles. The van der Waals surface area contributed by atoms with Crippen LogP contribution in [0.2, 0.25) is 0 Å². The molecule has 108 valence electrons. The van der Waals surface area contributed by atoms with E-state index in [1.165, 1.54) is 37.2 Å². The van der Waals surface area contributed by atoms with Crippen molar-refractivity contribution in [3.8, 4) is 0 Å². The number of anilines is 1. The van der Waals surface area contributed by atoms with Crippen molar-refractivity contribution in [1.82, 2.24) is 10.2 Å². The van der Waals surface area contributed by atoms with Gasteiger partial charge in [0.15, 0.2) is 0 Å². The molecule has 0 aromatic heterocycles. The van der Waals surface area contributed by atoms with Gasteiger partial charge in [-0.15, -0.1) is 0 Å². The second-order valence-corrected chi connectivity index (χ2v) is 4.08. The molecule has 8 heteroatoms. The van der Waals surface area contributed by atoms with Crippen LogP contribution >= 0.6 is 0 Å². The van der Waals surface area contributed by atoms with Gasteiger partial charge in [-0.05, 0) is 6.07 Å². The molecule has 0 aliphatic rings. The first kappa shape index (κ1) is 15.4. The summed E-state index contributed by atoms with van der Waals surface area (Å²) in [4.78, 5) is 34.2. The van der Waals surface area contributed by atoms with Crippen molar-refractivity contribution >= 4 is 23.2 Å². The lowest BCUT2D eigenvalue weighted by Crippen LogP contribution is -2.39. The number of rotatable bonds is 6. The fourth-order valence-corrected chi connectivity index (χ4v) is 1.42. The maximum Gasteiger partial charge on any atom is 0.271 e. The van der Waals surface area contributed by atoms with E-state index in [0.717, 1.165) is 0 Å². The monoisotopic (exact) mass is 280 g/mol. The average molecular weight is 280 g/mol. The number of hydrogen-bond donors (Lipinski definition) is 2. The molecule has 0 saturated carbocycles. The predicted octanol–water partition coefficient (Wildman–Crippen LogP) is 0.211. The lowest BCUT2D eigenvalue weighted by molar-refractivity contribution is -0.384. The fourth-order valence-electron chi connectivity index (χ4n) is 1.42. The lowest BCUT2D eigenvalue weighted by atomic mass is 10.3. The summed E-state index contributed by atoms with van der Waals surface area (Å²) in [7, 11) is 2.99. The van der Waals surface area contributed by atoms with E-state index in [9.17, 15) is 19.7 Å². The van der Waals surface area contributed by atoms with Gasteiger partial charge in [-0.25, -0.2) is 0 Å². The van der Waals surface area contributed by atoms with Gasteiger partial charge in [-0.1, -0.05) is 6.07 Å². The Morgan fingerprint density at radius 1 is 1.40 bits per heavy atom. The SMILES string of the molecule is CNC(=O)CN(C)C(=O)CNc1cccc([N+](=O)[O-])c1. The number of nitrogens with one attached hydrogen (secondary N) is 2. The van der Waals surface area contributed by atoms with Crippen LogP contribution in [0.15, 0.2) is 24.3 Å². The van der Waals surface area contributed by atoms with Crippen molar-refractivity contribution in [1.29, 1.82) is 0 Å². The van der Waals surface area contributed by atoms with Gasteiger partial charge in [0.05, 0.1) is 18.0 Å². The molecular formula is C12H16N4O4.